The number of carbonyl (C=O) groups excluding carboxylic acids is 1. The summed E-state index contributed by atoms with van der Waals surface area (Å²) in [7, 11) is -1.61. The Morgan fingerprint density at radius 1 is 1.11 bits per heavy atom. The third-order valence-corrected chi connectivity index (χ3v) is 11.6. The van der Waals surface area contributed by atoms with Crippen LogP contribution in [0.4, 0.5) is 0 Å². The van der Waals surface area contributed by atoms with Crippen LogP contribution in [0.1, 0.15) is 52.9 Å². The topological polar surface area (TPSA) is 26.3 Å². The summed E-state index contributed by atoms with van der Waals surface area (Å²) in [5.74, 6) is 0.743. The second-order valence-electron chi connectivity index (χ2n) is 7.75. The highest BCUT2D eigenvalue weighted by atomic mass is 28.3. The summed E-state index contributed by atoms with van der Waals surface area (Å²) in [5.41, 5.74) is 0.237. The third-order valence-electron chi connectivity index (χ3n) is 5.66. The maximum atomic E-state index is 12.0. The first-order chi connectivity index (χ1) is 8.25. The van der Waals surface area contributed by atoms with E-state index in [9.17, 15) is 4.79 Å². The molecule has 0 bridgehead atoms. The van der Waals surface area contributed by atoms with Crippen molar-refractivity contribution in [3.63, 3.8) is 0 Å². The smallest absolute Gasteiger partial charge is 0.310 e. The molecular weight excluding hydrogens is 240 g/mol. The van der Waals surface area contributed by atoms with Crippen molar-refractivity contribution in [3.8, 4) is 0 Å². The maximum absolute atomic E-state index is 12.0. The van der Waals surface area contributed by atoms with Gasteiger partial charge < -0.3 is 4.74 Å². The van der Waals surface area contributed by atoms with Crippen LogP contribution in [0.15, 0.2) is 0 Å². The fraction of sp³-hybridized carbons (Fsp3) is 0.933. The molecule has 0 spiro atoms. The van der Waals surface area contributed by atoms with E-state index in [1.165, 1.54) is 32.1 Å². The van der Waals surface area contributed by atoms with Gasteiger partial charge in [-0.3, -0.25) is 4.79 Å². The van der Waals surface area contributed by atoms with Crippen molar-refractivity contribution in [1.29, 1.82) is 0 Å². The molecule has 0 N–H and O–H groups in total. The van der Waals surface area contributed by atoms with Gasteiger partial charge >= 0.3 is 5.97 Å². The number of carbonyl (C=O) groups is 1. The van der Waals surface area contributed by atoms with E-state index in [2.05, 4.69) is 33.9 Å². The summed E-state index contributed by atoms with van der Waals surface area (Å²) in [6, 6.07) is 0. The molecule has 0 radical (unpaired) electrons. The van der Waals surface area contributed by atoms with Crippen LogP contribution in [0.3, 0.4) is 0 Å². The first kappa shape index (κ1) is 14.1. The van der Waals surface area contributed by atoms with Gasteiger partial charge in [0.2, 0.25) is 0 Å². The Morgan fingerprint density at radius 3 is 2.11 bits per heavy atom. The normalized spacial score (nSPS) is 30.8. The highest BCUT2D eigenvalue weighted by Crippen LogP contribution is 2.53. The van der Waals surface area contributed by atoms with Crippen molar-refractivity contribution in [3.05, 3.63) is 0 Å². The van der Waals surface area contributed by atoms with E-state index in [-0.39, 0.29) is 22.7 Å². The number of cyclic esters (lactones) is 1. The van der Waals surface area contributed by atoms with Crippen molar-refractivity contribution in [2.75, 3.05) is 0 Å². The standard InChI is InChI=1S/C15H28O2Si/c1-15(2,3)18(4,5)13-12(17-14(13)16)11-9-7-6-8-10-11/h11-13H,6-10H2,1-5H3/t12-,13+/m0/s1. The fourth-order valence-corrected chi connectivity index (χ4v) is 6.09. The average molecular weight is 268 g/mol. The van der Waals surface area contributed by atoms with E-state index in [4.69, 9.17) is 4.74 Å². The van der Waals surface area contributed by atoms with E-state index >= 15 is 0 Å². The van der Waals surface area contributed by atoms with Crippen LogP contribution < -0.4 is 0 Å². The van der Waals surface area contributed by atoms with Gasteiger partial charge in [0.05, 0.1) is 13.6 Å². The molecule has 1 aliphatic carbocycles. The van der Waals surface area contributed by atoms with E-state index in [1.54, 1.807) is 0 Å². The van der Waals surface area contributed by atoms with Gasteiger partial charge in [-0.15, -0.1) is 0 Å². The van der Waals surface area contributed by atoms with Crippen LogP contribution in [0.25, 0.3) is 0 Å². The first-order valence-corrected chi connectivity index (χ1v) is 10.5. The Morgan fingerprint density at radius 2 is 1.67 bits per heavy atom. The molecule has 2 nitrogen and oxygen atoms in total. The average Bonchev–Trinajstić information content (AvgIpc) is 2.24. The van der Waals surface area contributed by atoms with Crippen LogP contribution >= 0.6 is 0 Å². The Labute approximate surface area is 112 Å². The minimum atomic E-state index is -1.61. The van der Waals surface area contributed by atoms with Gasteiger partial charge in [0.25, 0.3) is 0 Å². The largest absolute Gasteiger partial charge is 0.461 e. The summed E-state index contributed by atoms with van der Waals surface area (Å²) in [5, 5.41) is 0.268. The highest BCUT2D eigenvalue weighted by molar-refractivity contribution is 6.84. The van der Waals surface area contributed by atoms with Crippen LogP contribution in [0, 0.1) is 5.92 Å². The van der Waals surface area contributed by atoms with Crippen LogP contribution in [0.5, 0.6) is 0 Å². The molecule has 0 aromatic carbocycles. The molecule has 0 aromatic heterocycles. The first-order valence-electron chi connectivity index (χ1n) is 7.45. The van der Waals surface area contributed by atoms with Gasteiger partial charge in [0.1, 0.15) is 6.10 Å². The summed E-state index contributed by atoms with van der Waals surface area (Å²) in [6.07, 6.45) is 6.79. The maximum Gasteiger partial charge on any atom is 0.310 e. The van der Waals surface area contributed by atoms with Crippen LogP contribution in [0.2, 0.25) is 23.7 Å². The van der Waals surface area contributed by atoms with E-state index in [1.807, 2.05) is 0 Å². The van der Waals surface area contributed by atoms with Crippen molar-refractivity contribution in [2.45, 2.75) is 82.7 Å². The quantitative estimate of drug-likeness (QED) is 0.549. The number of rotatable bonds is 2. The molecule has 18 heavy (non-hydrogen) atoms. The molecular formula is C15H28O2Si. The molecule has 0 unspecified atom stereocenters. The van der Waals surface area contributed by atoms with Gasteiger partial charge in [-0.25, -0.2) is 0 Å². The molecule has 2 rings (SSSR count). The van der Waals surface area contributed by atoms with Gasteiger partial charge in [0, 0.05) is 0 Å². The molecule has 2 fully saturated rings. The van der Waals surface area contributed by atoms with E-state index < -0.39 is 8.07 Å². The lowest BCUT2D eigenvalue weighted by Gasteiger charge is -2.52. The minimum absolute atomic E-state index is 0.0946. The number of esters is 1. The molecule has 1 saturated carbocycles. The zero-order valence-electron chi connectivity index (χ0n) is 12.6. The SMILES string of the molecule is CC(C)(C)[Si](C)(C)[C@H]1C(=O)O[C@H]1C1CCCCC1. The molecule has 1 saturated heterocycles. The predicted molar refractivity (Wildman–Crippen MR) is 77.4 cm³/mol. The minimum Gasteiger partial charge on any atom is -0.461 e. The number of ether oxygens (including phenoxy) is 1. The highest BCUT2D eigenvalue weighted by Gasteiger charge is 2.58. The molecule has 2 aliphatic rings. The summed E-state index contributed by atoms with van der Waals surface area (Å²) >= 11 is 0. The van der Waals surface area contributed by atoms with Gasteiger partial charge in [-0.1, -0.05) is 53.1 Å². The van der Waals surface area contributed by atoms with E-state index in [0.29, 0.717) is 5.92 Å². The second kappa shape index (κ2) is 4.66. The summed E-state index contributed by atoms with van der Waals surface area (Å²) in [4.78, 5) is 12.0. The summed E-state index contributed by atoms with van der Waals surface area (Å²) in [6.45, 7) is 11.6. The lowest BCUT2D eigenvalue weighted by molar-refractivity contribution is -0.176. The molecule has 1 aliphatic heterocycles. The molecule has 0 aromatic rings. The van der Waals surface area contributed by atoms with Crippen LogP contribution in [-0.2, 0) is 9.53 Å². The number of hydrogen-bond acceptors (Lipinski definition) is 2. The zero-order valence-corrected chi connectivity index (χ0v) is 13.6. The molecule has 2 atom stereocenters. The van der Waals surface area contributed by atoms with Gasteiger partial charge in [-0.05, 0) is 23.8 Å². The third kappa shape index (κ3) is 2.26. The Bertz CT molecular complexity index is 324. The molecule has 3 heteroatoms. The second-order valence-corrected chi connectivity index (χ2v) is 13.3. The van der Waals surface area contributed by atoms with E-state index in [0.717, 1.165) is 0 Å². The Kier molecular flexibility index (Phi) is 3.65. The van der Waals surface area contributed by atoms with Crippen LogP contribution in [-0.4, -0.2) is 20.1 Å². The van der Waals surface area contributed by atoms with Crippen molar-refractivity contribution in [1.82, 2.24) is 0 Å². The predicted octanol–water partition coefficient (Wildman–Crippen LogP) is 4.37. The number of hydrogen-bond donors (Lipinski definition) is 0. The fourth-order valence-electron chi connectivity index (χ4n) is 3.34. The summed E-state index contributed by atoms with van der Waals surface area (Å²) < 4.78 is 5.57. The van der Waals surface area contributed by atoms with Gasteiger partial charge in [0.15, 0.2) is 0 Å². The lowest BCUT2D eigenvalue weighted by atomic mass is 9.82. The Hall–Kier alpha value is -0.313. The lowest BCUT2D eigenvalue weighted by Crippen LogP contribution is -2.60. The Balaban J connectivity index is 2.13. The van der Waals surface area contributed by atoms with Crippen molar-refractivity contribution >= 4 is 14.0 Å². The molecule has 0 amide bonds. The zero-order chi connectivity index (χ0) is 13.6. The molecule has 1 heterocycles. The van der Waals surface area contributed by atoms with Gasteiger partial charge in [-0.2, -0.15) is 0 Å². The monoisotopic (exact) mass is 268 g/mol. The van der Waals surface area contributed by atoms with Crippen molar-refractivity contribution in [2.24, 2.45) is 5.92 Å². The van der Waals surface area contributed by atoms with Crippen molar-refractivity contribution < 1.29 is 9.53 Å². The molecule has 104 valence electrons.